The van der Waals surface area contributed by atoms with Crippen LogP contribution in [-0.4, -0.2) is 6.54 Å². The number of rotatable bonds is 5. The molecule has 0 aliphatic rings. The third-order valence-corrected chi connectivity index (χ3v) is 4.72. The molecular formula is C17H19Br2N. The maximum atomic E-state index is 3.63. The largest absolute Gasteiger partial charge is 0.310 e. The van der Waals surface area contributed by atoms with Crippen LogP contribution >= 0.6 is 31.9 Å². The Balaban J connectivity index is 1.92. The quantitative estimate of drug-likeness (QED) is 0.711. The second-order valence-corrected chi connectivity index (χ2v) is 6.79. The van der Waals surface area contributed by atoms with Crippen LogP contribution < -0.4 is 5.32 Å². The van der Waals surface area contributed by atoms with Gasteiger partial charge in [0.25, 0.3) is 0 Å². The van der Waals surface area contributed by atoms with E-state index in [1.165, 1.54) is 16.7 Å². The lowest BCUT2D eigenvalue weighted by Gasteiger charge is -2.16. The van der Waals surface area contributed by atoms with Crippen molar-refractivity contribution in [3.63, 3.8) is 0 Å². The minimum atomic E-state index is 0.335. The van der Waals surface area contributed by atoms with Crippen LogP contribution in [0, 0.1) is 6.92 Å². The number of nitrogens with one attached hydrogen (secondary N) is 1. The van der Waals surface area contributed by atoms with E-state index in [4.69, 9.17) is 0 Å². The van der Waals surface area contributed by atoms with Crippen LogP contribution in [0.25, 0.3) is 0 Å². The molecule has 0 aliphatic heterocycles. The first-order valence-corrected chi connectivity index (χ1v) is 8.39. The third kappa shape index (κ3) is 4.18. The average Bonchev–Trinajstić information content (AvgIpc) is 2.40. The van der Waals surface area contributed by atoms with Crippen molar-refractivity contribution in [2.75, 3.05) is 6.54 Å². The van der Waals surface area contributed by atoms with Crippen molar-refractivity contribution < 1.29 is 0 Å². The Morgan fingerprint density at radius 3 is 2.55 bits per heavy atom. The Kier molecular flexibility index (Phi) is 5.82. The summed E-state index contributed by atoms with van der Waals surface area (Å²) >= 11 is 7.11. The van der Waals surface area contributed by atoms with Gasteiger partial charge in [0.1, 0.15) is 0 Å². The van der Waals surface area contributed by atoms with E-state index in [2.05, 4.69) is 93.5 Å². The van der Waals surface area contributed by atoms with Crippen LogP contribution in [-0.2, 0) is 6.42 Å². The molecule has 0 amide bonds. The number of benzene rings is 2. The highest BCUT2D eigenvalue weighted by atomic mass is 79.9. The van der Waals surface area contributed by atoms with Gasteiger partial charge in [-0.25, -0.2) is 0 Å². The molecule has 3 heteroatoms. The molecule has 106 valence electrons. The first-order chi connectivity index (χ1) is 9.58. The third-order valence-electron chi connectivity index (χ3n) is 3.54. The predicted octanol–water partition coefficient (Wildman–Crippen LogP) is 5.41. The minimum Gasteiger partial charge on any atom is -0.310 e. The lowest BCUT2D eigenvalue weighted by molar-refractivity contribution is 0.574. The molecule has 1 atom stereocenters. The molecule has 0 aromatic heterocycles. The van der Waals surface area contributed by atoms with Gasteiger partial charge >= 0.3 is 0 Å². The van der Waals surface area contributed by atoms with Crippen LogP contribution in [0.3, 0.4) is 0 Å². The van der Waals surface area contributed by atoms with Crippen molar-refractivity contribution in [3.8, 4) is 0 Å². The van der Waals surface area contributed by atoms with Gasteiger partial charge in [0.2, 0.25) is 0 Å². The highest BCUT2D eigenvalue weighted by Gasteiger charge is 2.09. The standard InChI is InChI=1S/C17H19Br2N/c1-12-5-3-4-6-14(12)9-10-20-13(2)16-8-7-15(18)11-17(16)19/h3-8,11,13,20H,9-10H2,1-2H3. The van der Waals surface area contributed by atoms with Gasteiger partial charge in [-0.2, -0.15) is 0 Å². The van der Waals surface area contributed by atoms with Gasteiger partial charge in [0, 0.05) is 15.0 Å². The van der Waals surface area contributed by atoms with E-state index in [9.17, 15) is 0 Å². The van der Waals surface area contributed by atoms with Gasteiger partial charge < -0.3 is 5.32 Å². The number of hydrogen-bond acceptors (Lipinski definition) is 1. The van der Waals surface area contributed by atoms with Gasteiger partial charge in [0.05, 0.1) is 0 Å². The average molecular weight is 397 g/mol. The van der Waals surface area contributed by atoms with Crippen molar-refractivity contribution in [1.82, 2.24) is 5.32 Å². The van der Waals surface area contributed by atoms with E-state index in [-0.39, 0.29) is 0 Å². The van der Waals surface area contributed by atoms with E-state index in [1.54, 1.807) is 0 Å². The molecule has 1 nitrogen and oxygen atoms in total. The molecule has 2 aromatic rings. The molecule has 2 aromatic carbocycles. The summed E-state index contributed by atoms with van der Waals surface area (Å²) in [6, 6.07) is 15.2. The van der Waals surface area contributed by atoms with Crippen LogP contribution in [0.4, 0.5) is 0 Å². The van der Waals surface area contributed by atoms with Crippen molar-refractivity contribution >= 4 is 31.9 Å². The smallest absolute Gasteiger partial charge is 0.0303 e. The molecule has 2 rings (SSSR count). The molecule has 0 spiro atoms. The first-order valence-electron chi connectivity index (χ1n) is 6.81. The first kappa shape index (κ1) is 15.7. The molecule has 0 heterocycles. The van der Waals surface area contributed by atoms with Crippen molar-refractivity contribution in [3.05, 3.63) is 68.1 Å². The second-order valence-electron chi connectivity index (χ2n) is 5.02. The lowest BCUT2D eigenvalue weighted by atomic mass is 10.1. The van der Waals surface area contributed by atoms with E-state index in [0.29, 0.717) is 6.04 Å². The summed E-state index contributed by atoms with van der Waals surface area (Å²) in [5.74, 6) is 0. The van der Waals surface area contributed by atoms with Gasteiger partial charge in [-0.05, 0) is 55.6 Å². The lowest BCUT2D eigenvalue weighted by Crippen LogP contribution is -2.21. The van der Waals surface area contributed by atoms with E-state index in [1.807, 2.05) is 0 Å². The molecule has 0 radical (unpaired) electrons. The van der Waals surface area contributed by atoms with Gasteiger partial charge in [-0.1, -0.05) is 62.2 Å². The zero-order valence-electron chi connectivity index (χ0n) is 11.8. The fraction of sp³-hybridized carbons (Fsp3) is 0.294. The summed E-state index contributed by atoms with van der Waals surface area (Å²) in [6.45, 7) is 5.35. The second kappa shape index (κ2) is 7.39. The Labute approximate surface area is 138 Å². The van der Waals surface area contributed by atoms with E-state index < -0.39 is 0 Å². The van der Waals surface area contributed by atoms with Gasteiger partial charge in [-0.15, -0.1) is 0 Å². The maximum absolute atomic E-state index is 3.63. The normalized spacial score (nSPS) is 12.4. The summed E-state index contributed by atoms with van der Waals surface area (Å²) in [7, 11) is 0. The summed E-state index contributed by atoms with van der Waals surface area (Å²) in [6.07, 6.45) is 1.06. The SMILES string of the molecule is Cc1ccccc1CCNC(C)c1ccc(Br)cc1Br. The van der Waals surface area contributed by atoms with Gasteiger partial charge in [0.15, 0.2) is 0 Å². The zero-order chi connectivity index (χ0) is 14.5. The van der Waals surface area contributed by atoms with Crippen LogP contribution in [0.1, 0.15) is 29.7 Å². The van der Waals surface area contributed by atoms with Crippen molar-refractivity contribution in [1.29, 1.82) is 0 Å². The number of aryl methyl sites for hydroxylation is 1. The van der Waals surface area contributed by atoms with Crippen molar-refractivity contribution in [2.45, 2.75) is 26.3 Å². The summed E-state index contributed by atoms with van der Waals surface area (Å²) in [4.78, 5) is 0. The minimum absolute atomic E-state index is 0.335. The summed E-state index contributed by atoms with van der Waals surface area (Å²) < 4.78 is 2.24. The fourth-order valence-corrected chi connectivity index (χ4v) is 3.67. The molecule has 0 bridgehead atoms. The highest BCUT2D eigenvalue weighted by molar-refractivity contribution is 9.11. The Morgan fingerprint density at radius 2 is 1.85 bits per heavy atom. The number of halogens is 2. The maximum Gasteiger partial charge on any atom is 0.0303 e. The van der Waals surface area contributed by atoms with E-state index in [0.717, 1.165) is 21.9 Å². The molecule has 0 saturated heterocycles. The highest BCUT2D eigenvalue weighted by Crippen LogP contribution is 2.26. The van der Waals surface area contributed by atoms with Crippen LogP contribution in [0.15, 0.2) is 51.4 Å². The number of hydrogen-bond donors (Lipinski definition) is 1. The summed E-state index contributed by atoms with van der Waals surface area (Å²) in [5, 5.41) is 3.59. The molecule has 1 unspecified atom stereocenters. The molecule has 0 saturated carbocycles. The molecule has 0 fully saturated rings. The fourth-order valence-electron chi connectivity index (χ4n) is 2.28. The molecule has 0 aliphatic carbocycles. The Morgan fingerprint density at radius 1 is 1.10 bits per heavy atom. The Bertz CT molecular complexity index is 581. The molecule has 1 N–H and O–H groups in total. The summed E-state index contributed by atoms with van der Waals surface area (Å²) in [5.41, 5.74) is 4.08. The Hall–Kier alpha value is -0.640. The van der Waals surface area contributed by atoms with E-state index >= 15 is 0 Å². The topological polar surface area (TPSA) is 12.0 Å². The zero-order valence-corrected chi connectivity index (χ0v) is 15.0. The van der Waals surface area contributed by atoms with Gasteiger partial charge in [-0.3, -0.25) is 0 Å². The van der Waals surface area contributed by atoms with Crippen LogP contribution in [0.5, 0.6) is 0 Å². The monoisotopic (exact) mass is 395 g/mol. The predicted molar refractivity (Wildman–Crippen MR) is 93.1 cm³/mol. The molecular weight excluding hydrogens is 378 g/mol. The molecule has 20 heavy (non-hydrogen) atoms. The van der Waals surface area contributed by atoms with Crippen LogP contribution in [0.2, 0.25) is 0 Å². The van der Waals surface area contributed by atoms with Crippen molar-refractivity contribution in [2.24, 2.45) is 0 Å².